The lowest BCUT2D eigenvalue weighted by Crippen LogP contribution is -2.49. The Labute approximate surface area is 151 Å². The van der Waals surface area contributed by atoms with E-state index in [0.29, 0.717) is 6.61 Å². The summed E-state index contributed by atoms with van der Waals surface area (Å²) in [6, 6.07) is 8.44. The molecule has 1 saturated heterocycles. The number of nitrogens with one attached hydrogen (secondary N) is 1. The van der Waals surface area contributed by atoms with E-state index in [9.17, 15) is 0 Å². The molecule has 0 bridgehead atoms. The summed E-state index contributed by atoms with van der Waals surface area (Å²) in [5.74, 6) is 0.946. The zero-order chi connectivity index (χ0) is 18.1. The van der Waals surface area contributed by atoms with E-state index >= 15 is 0 Å². The van der Waals surface area contributed by atoms with Gasteiger partial charge in [0.05, 0.1) is 19.8 Å². The minimum Gasteiger partial charge on any atom is -0.383 e. The molecule has 1 aliphatic rings. The zero-order valence-corrected chi connectivity index (χ0v) is 16.0. The Kier molecular flexibility index (Phi) is 8.18. The van der Waals surface area contributed by atoms with E-state index < -0.39 is 0 Å². The molecular formula is C19H32N4O2. The molecule has 1 atom stereocenters. The number of hydrogen-bond donors (Lipinski definition) is 1. The van der Waals surface area contributed by atoms with Crippen LogP contribution in [0.2, 0.25) is 0 Å². The first-order chi connectivity index (χ1) is 12.2. The maximum Gasteiger partial charge on any atom is 0.193 e. The Bertz CT molecular complexity index is 550. The summed E-state index contributed by atoms with van der Waals surface area (Å²) < 4.78 is 11.1. The van der Waals surface area contributed by atoms with Crippen LogP contribution in [0, 0.1) is 6.92 Å². The lowest BCUT2D eigenvalue weighted by Gasteiger charge is -2.36. The predicted octanol–water partition coefficient (Wildman–Crippen LogP) is 1.52. The minimum absolute atomic E-state index is 0.0953. The van der Waals surface area contributed by atoms with Crippen LogP contribution in [0.1, 0.15) is 17.2 Å². The maximum absolute atomic E-state index is 6.01. The summed E-state index contributed by atoms with van der Waals surface area (Å²) in [6.07, 6.45) is 0.0953. The summed E-state index contributed by atoms with van der Waals surface area (Å²) in [7, 11) is 5.68. The molecule has 0 spiro atoms. The normalized spacial score (nSPS) is 18.7. The summed E-state index contributed by atoms with van der Waals surface area (Å²) in [4.78, 5) is 8.99. The Hall–Kier alpha value is -1.63. The van der Waals surface area contributed by atoms with Gasteiger partial charge in [0.2, 0.25) is 0 Å². The van der Waals surface area contributed by atoms with E-state index in [0.717, 1.165) is 45.3 Å². The average molecular weight is 348 g/mol. The van der Waals surface area contributed by atoms with Crippen molar-refractivity contribution in [1.82, 2.24) is 15.1 Å². The van der Waals surface area contributed by atoms with Crippen LogP contribution in [0.4, 0.5) is 0 Å². The fourth-order valence-corrected chi connectivity index (χ4v) is 3.03. The number of morpholine rings is 1. The van der Waals surface area contributed by atoms with Crippen molar-refractivity contribution >= 4 is 5.96 Å². The molecule has 1 aromatic rings. The molecule has 1 heterocycles. The smallest absolute Gasteiger partial charge is 0.193 e. The monoisotopic (exact) mass is 348 g/mol. The number of aliphatic imine (C=N–C) groups is 1. The number of ether oxygens (including phenoxy) is 2. The van der Waals surface area contributed by atoms with Gasteiger partial charge in [-0.15, -0.1) is 0 Å². The van der Waals surface area contributed by atoms with Crippen LogP contribution in [0.15, 0.2) is 29.3 Å². The second-order valence-corrected chi connectivity index (χ2v) is 6.43. The largest absolute Gasteiger partial charge is 0.383 e. The van der Waals surface area contributed by atoms with Crippen LogP contribution in [0.25, 0.3) is 0 Å². The Morgan fingerprint density at radius 2 is 2.20 bits per heavy atom. The number of hydrogen-bond acceptors (Lipinski definition) is 4. The molecule has 1 fully saturated rings. The van der Waals surface area contributed by atoms with Gasteiger partial charge in [0.15, 0.2) is 5.96 Å². The van der Waals surface area contributed by atoms with Crippen molar-refractivity contribution in [3.05, 3.63) is 35.4 Å². The molecule has 0 aliphatic carbocycles. The molecule has 0 radical (unpaired) electrons. The topological polar surface area (TPSA) is 49.3 Å². The molecule has 1 N–H and O–H groups in total. The highest BCUT2D eigenvalue weighted by Gasteiger charge is 2.24. The fourth-order valence-electron chi connectivity index (χ4n) is 3.03. The number of guanidine groups is 1. The highest BCUT2D eigenvalue weighted by molar-refractivity contribution is 5.80. The molecule has 2 rings (SSSR count). The molecule has 6 heteroatoms. The van der Waals surface area contributed by atoms with Crippen LogP contribution in [0.3, 0.4) is 0 Å². The van der Waals surface area contributed by atoms with Gasteiger partial charge in [0.25, 0.3) is 0 Å². The highest BCUT2D eigenvalue weighted by Crippen LogP contribution is 2.24. The van der Waals surface area contributed by atoms with Gasteiger partial charge in [-0.05, 0) is 25.1 Å². The van der Waals surface area contributed by atoms with Crippen molar-refractivity contribution in [1.29, 1.82) is 0 Å². The lowest BCUT2D eigenvalue weighted by molar-refractivity contribution is -0.00833. The third-order valence-corrected chi connectivity index (χ3v) is 4.57. The van der Waals surface area contributed by atoms with Crippen LogP contribution >= 0.6 is 0 Å². The first-order valence-electron chi connectivity index (χ1n) is 8.96. The summed E-state index contributed by atoms with van der Waals surface area (Å²) in [5, 5.41) is 3.47. The van der Waals surface area contributed by atoms with E-state index in [1.807, 2.05) is 7.05 Å². The lowest BCUT2D eigenvalue weighted by atomic mass is 10.0. The average Bonchev–Trinajstić information content (AvgIpc) is 2.64. The molecule has 1 aliphatic heterocycles. The van der Waals surface area contributed by atoms with Crippen molar-refractivity contribution in [3.63, 3.8) is 0 Å². The van der Waals surface area contributed by atoms with Crippen molar-refractivity contribution in [2.75, 3.05) is 67.1 Å². The SMILES string of the molecule is CN=C(NCCN(C)CCOC)N1CCOC(c2ccccc2C)C1. The van der Waals surface area contributed by atoms with Gasteiger partial charge in [-0.3, -0.25) is 4.99 Å². The van der Waals surface area contributed by atoms with E-state index in [1.165, 1.54) is 11.1 Å². The van der Waals surface area contributed by atoms with Crippen LogP contribution in [-0.2, 0) is 9.47 Å². The summed E-state index contributed by atoms with van der Waals surface area (Å²) >= 11 is 0. The molecule has 1 aromatic carbocycles. The predicted molar refractivity (Wildman–Crippen MR) is 102 cm³/mol. The third-order valence-electron chi connectivity index (χ3n) is 4.57. The quantitative estimate of drug-likeness (QED) is 0.598. The summed E-state index contributed by atoms with van der Waals surface area (Å²) in [5.41, 5.74) is 2.54. The van der Waals surface area contributed by atoms with Crippen molar-refractivity contribution in [2.24, 2.45) is 4.99 Å². The number of likely N-dealkylation sites (N-methyl/N-ethyl adjacent to an activating group) is 1. The fraction of sp³-hybridized carbons (Fsp3) is 0.632. The van der Waals surface area contributed by atoms with Gasteiger partial charge in [0, 0.05) is 40.3 Å². The number of benzene rings is 1. The third kappa shape index (κ3) is 5.99. The van der Waals surface area contributed by atoms with Gasteiger partial charge in [-0.2, -0.15) is 0 Å². The highest BCUT2D eigenvalue weighted by atomic mass is 16.5. The number of methoxy groups -OCH3 is 1. The molecule has 1 unspecified atom stereocenters. The van der Waals surface area contributed by atoms with Crippen molar-refractivity contribution in [3.8, 4) is 0 Å². The Balaban J connectivity index is 1.87. The zero-order valence-electron chi connectivity index (χ0n) is 16.0. The van der Waals surface area contributed by atoms with Crippen molar-refractivity contribution < 1.29 is 9.47 Å². The van der Waals surface area contributed by atoms with Gasteiger partial charge < -0.3 is 24.6 Å². The van der Waals surface area contributed by atoms with E-state index in [2.05, 4.69) is 58.3 Å². The van der Waals surface area contributed by atoms with E-state index in [-0.39, 0.29) is 6.10 Å². The van der Waals surface area contributed by atoms with Crippen LogP contribution in [0.5, 0.6) is 0 Å². The van der Waals surface area contributed by atoms with Gasteiger partial charge in [-0.1, -0.05) is 24.3 Å². The molecule has 0 aromatic heterocycles. The van der Waals surface area contributed by atoms with Gasteiger partial charge in [-0.25, -0.2) is 0 Å². The Morgan fingerprint density at radius 1 is 1.40 bits per heavy atom. The van der Waals surface area contributed by atoms with Gasteiger partial charge >= 0.3 is 0 Å². The second-order valence-electron chi connectivity index (χ2n) is 6.43. The van der Waals surface area contributed by atoms with E-state index in [4.69, 9.17) is 9.47 Å². The standard InChI is InChI=1S/C19H32N4O2/c1-16-7-5-6-8-17(16)18-15-23(12-14-25-18)19(20-2)21-9-10-22(3)11-13-24-4/h5-8,18H,9-15H2,1-4H3,(H,20,21). The number of rotatable bonds is 7. The van der Waals surface area contributed by atoms with Crippen LogP contribution in [-0.4, -0.2) is 82.9 Å². The molecule has 6 nitrogen and oxygen atoms in total. The molecule has 140 valence electrons. The van der Waals surface area contributed by atoms with Crippen LogP contribution < -0.4 is 5.32 Å². The molecule has 0 saturated carbocycles. The molecular weight excluding hydrogens is 316 g/mol. The van der Waals surface area contributed by atoms with Crippen molar-refractivity contribution in [2.45, 2.75) is 13.0 Å². The second kappa shape index (κ2) is 10.4. The summed E-state index contributed by atoms with van der Waals surface area (Å²) in [6.45, 7) is 8.04. The first kappa shape index (κ1) is 19.7. The maximum atomic E-state index is 6.01. The molecule has 0 amide bonds. The number of aryl methyl sites for hydroxylation is 1. The Morgan fingerprint density at radius 3 is 2.92 bits per heavy atom. The van der Waals surface area contributed by atoms with E-state index in [1.54, 1.807) is 7.11 Å². The van der Waals surface area contributed by atoms with Gasteiger partial charge in [0.1, 0.15) is 6.10 Å². The first-order valence-corrected chi connectivity index (χ1v) is 8.96. The number of nitrogens with zero attached hydrogens (tertiary/aromatic N) is 3. The molecule has 25 heavy (non-hydrogen) atoms. The minimum atomic E-state index is 0.0953.